The molecule has 1 heterocycles. The lowest BCUT2D eigenvalue weighted by molar-refractivity contribution is -0.139. The monoisotopic (exact) mass is 385 g/mol. The Bertz CT molecular complexity index is 755. The molecule has 1 unspecified atom stereocenters. The Kier molecular flexibility index (Phi) is 5.77. The number of benzene rings is 1. The summed E-state index contributed by atoms with van der Waals surface area (Å²) in [6.45, 7) is 9.13. The van der Waals surface area contributed by atoms with Gasteiger partial charge in [-0.15, -0.1) is 0 Å². The average molecular weight is 386 g/mol. The fourth-order valence-electron chi connectivity index (χ4n) is 3.67. The Labute approximate surface area is 167 Å². The Morgan fingerprint density at radius 2 is 1.89 bits per heavy atom. The molecule has 6 heteroatoms. The highest BCUT2D eigenvalue weighted by atomic mass is 16.2. The Morgan fingerprint density at radius 3 is 2.43 bits per heavy atom. The molecule has 1 aromatic rings. The minimum absolute atomic E-state index is 0.156. The van der Waals surface area contributed by atoms with Crippen molar-refractivity contribution in [2.75, 3.05) is 19.6 Å². The van der Waals surface area contributed by atoms with Gasteiger partial charge in [0.25, 0.3) is 5.91 Å². The molecule has 1 aromatic carbocycles. The summed E-state index contributed by atoms with van der Waals surface area (Å²) in [7, 11) is 0. The summed E-state index contributed by atoms with van der Waals surface area (Å²) in [6, 6.07) is 7.23. The molecule has 1 N–H and O–H groups in total. The molecule has 152 valence electrons. The first kappa shape index (κ1) is 20.4. The van der Waals surface area contributed by atoms with Crippen molar-refractivity contribution in [3.8, 4) is 0 Å². The van der Waals surface area contributed by atoms with Gasteiger partial charge in [0.2, 0.25) is 5.91 Å². The maximum Gasteiger partial charge on any atom is 0.325 e. The molecule has 3 rings (SSSR count). The van der Waals surface area contributed by atoms with Crippen LogP contribution >= 0.6 is 0 Å². The summed E-state index contributed by atoms with van der Waals surface area (Å²) >= 11 is 0. The Morgan fingerprint density at radius 1 is 1.25 bits per heavy atom. The van der Waals surface area contributed by atoms with E-state index in [4.69, 9.17) is 0 Å². The molecule has 0 spiro atoms. The van der Waals surface area contributed by atoms with Gasteiger partial charge in [-0.05, 0) is 49.1 Å². The van der Waals surface area contributed by atoms with Gasteiger partial charge in [0.15, 0.2) is 0 Å². The van der Waals surface area contributed by atoms with Gasteiger partial charge < -0.3 is 10.2 Å². The van der Waals surface area contributed by atoms with Gasteiger partial charge in [0.05, 0.1) is 0 Å². The predicted octanol–water partition coefficient (Wildman–Crippen LogP) is 3.23. The fraction of sp³-hybridized carbons (Fsp3) is 0.591. The summed E-state index contributed by atoms with van der Waals surface area (Å²) in [5.74, 6) is 0.437. The average Bonchev–Trinajstić information content (AvgIpc) is 3.45. The summed E-state index contributed by atoms with van der Waals surface area (Å²) in [4.78, 5) is 41.2. The van der Waals surface area contributed by atoms with Gasteiger partial charge in [0.1, 0.15) is 12.1 Å². The number of imide groups is 1. The second kappa shape index (κ2) is 7.94. The van der Waals surface area contributed by atoms with Gasteiger partial charge in [-0.3, -0.25) is 14.5 Å². The van der Waals surface area contributed by atoms with Gasteiger partial charge in [0, 0.05) is 13.1 Å². The number of hydrogen-bond donors (Lipinski definition) is 1. The summed E-state index contributed by atoms with van der Waals surface area (Å²) < 4.78 is 0. The van der Waals surface area contributed by atoms with Crippen LogP contribution in [0.25, 0.3) is 0 Å². The van der Waals surface area contributed by atoms with E-state index >= 15 is 0 Å². The first-order chi connectivity index (χ1) is 13.3. The van der Waals surface area contributed by atoms with E-state index in [2.05, 4.69) is 19.2 Å². The highest BCUT2D eigenvalue weighted by molar-refractivity contribution is 6.09. The van der Waals surface area contributed by atoms with Crippen LogP contribution in [0.2, 0.25) is 0 Å². The fourth-order valence-corrected chi connectivity index (χ4v) is 3.67. The molecule has 0 aromatic heterocycles. The zero-order valence-corrected chi connectivity index (χ0v) is 17.3. The van der Waals surface area contributed by atoms with Crippen molar-refractivity contribution >= 4 is 17.8 Å². The zero-order chi connectivity index (χ0) is 20.5. The number of rotatable bonds is 8. The van der Waals surface area contributed by atoms with Crippen molar-refractivity contribution in [1.82, 2.24) is 15.1 Å². The molecule has 2 aliphatic rings. The quantitative estimate of drug-likeness (QED) is 0.699. The smallest absolute Gasteiger partial charge is 0.325 e. The van der Waals surface area contributed by atoms with Crippen molar-refractivity contribution in [2.45, 2.75) is 58.4 Å². The second-order valence-electron chi connectivity index (χ2n) is 8.51. The van der Waals surface area contributed by atoms with E-state index in [1.165, 1.54) is 5.56 Å². The molecule has 1 saturated carbocycles. The minimum Gasteiger partial charge on any atom is -0.341 e. The van der Waals surface area contributed by atoms with Crippen LogP contribution < -0.4 is 5.32 Å². The number of amides is 4. The largest absolute Gasteiger partial charge is 0.341 e. The first-order valence-corrected chi connectivity index (χ1v) is 10.3. The number of nitrogens with one attached hydrogen (secondary N) is 1. The van der Waals surface area contributed by atoms with Crippen LogP contribution in [0.4, 0.5) is 4.79 Å². The van der Waals surface area contributed by atoms with Crippen molar-refractivity contribution in [2.24, 2.45) is 5.92 Å². The molecule has 28 heavy (non-hydrogen) atoms. The van der Waals surface area contributed by atoms with E-state index in [0.717, 1.165) is 36.3 Å². The van der Waals surface area contributed by atoms with E-state index in [1.807, 2.05) is 31.2 Å². The van der Waals surface area contributed by atoms with Gasteiger partial charge >= 0.3 is 6.03 Å². The number of nitrogens with zero attached hydrogens (tertiary/aromatic N) is 2. The topological polar surface area (TPSA) is 69.7 Å². The molecule has 6 nitrogen and oxygen atoms in total. The highest BCUT2D eigenvalue weighted by Crippen LogP contribution is 2.31. The molecule has 1 aliphatic carbocycles. The third-order valence-corrected chi connectivity index (χ3v) is 5.74. The maximum absolute atomic E-state index is 13.1. The van der Waals surface area contributed by atoms with Crippen LogP contribution in [-0.4, -0.2) is 47.3 Å². The molecule has 4 amide bonds. The lowest BCUT2D eigenvalue weighted by atomic mass is 9.90. The van der Waals surface area contributed by atoms with Gasteiger partial charge in [-0.25, -0.2) is 4.79 Å². The molecule has 1 saturated heterocycles. The lowest BCUT2D eigenvalue weighted by Gasteiger charge is -2.25. The lowest BCUT2D eigenvalue weighted by Crippen LogP contribution is -2.45. The summed E-state index contributed by atoms with van der Waals surface area (Å²) in [5, 5.41) is 2.79. The van der Waals surface area contributed by atoms with Crippen molar-refractivity contribution in [3.05, 3.63) is 35.4 Å². The van der Waals surface area contributed by atoms with E-state index < -0.39 is 11.6 Å². The first-order valence-electron chi connectivity index (χ1n) is 10.3. The predicted molar refractivity (Wildman–Crippen MR) is 108 cm³/mol. The molecular formula is C22H31N3O3. The third kappa shape index (κ3) is 4.05. The zero-order valence-electron chi connectivity index (χ0n) is 17.3. The molecule has 2 fully saturated rings. The SMILES string of the molecule is CCCN(CC1CC1)C(=O)CN1C(=O)NC(C)(c2ccc(C(C)C)cc2)C1=O. The Hall–Kier alpha value is -2.37. The number of urea groups is 1. The highest BCUT2D eigenvalue weighted by Gasteiger charge is 2.49. The van der Waals surface area contributed by atoms with Crippen LogP contribution in [-0.2, 0) is 15.1 Å². The van der Waals surface area contributed by atoms with Crippen LogP contribution in [0.3, 0.4) is 0 Å². The number of carbonyl (C=O) groups excluding carboxylic acids is 3. The van der Waals surface area contributed by atoms with Crippen molar-refractivity contribution in [3.63, 3.8) is 0 Å². The van der Waals surface area contributed by atoms with Crippen molar-refractivity contribution < 1.29 is 14.4 Å². The van der Waals surface area contributed by atoms with E-state index in [0.29, 0.717) is 18.4 Å². The molecule has 0 radical (unpaired) electrons. The molecule has 1 atom stereocenters. The maximum atomic E-state index is 13.1. The molecular weight excluding hydrogens is 354 g/mol. The van der Waals surface area contributed by atoms with Crippen molar-refractivity contribution in [1.29, 1.82) is 0 Å². The summed E-state index contributed by atoms with van der Waals surface area (Å²) in [6.07, 6.45) is 3.17. The van der Waals surface area contributed by atoms with E-state index in [9.17, 15) is 14.4 Å². The minimum atomic E-state index is -1.14. The molecule has 0 bridgehead atoms. The number of carbonyl (C=O) groups is 3. The van der Waals surface area contributed by atoms with Crippen LogP contribution in [0.1, 0.15) is 64.0 Å². The van der Waals surface area contributed by atoms with Gasteiger partial charge in [-0.2, -0.15) is 0 Å². The van der Waals surface area contributed by atoms with Crippen LogP contribution in [0.5, 0.6) is 0 Å². The molecule has 1 aliphatic heterocycles. The summed E-state index contributed by atoms with van der Waals surface area (Å²) in [5.41, 5.74) is 0.763. The standard InChI is InChI=1S/C22H31N3O3/c1-5-12-24(13-16-6-7-16)19(26)14-25-20(27)22(4,23-21(25)28)18-10-8-17(9-11-18)15(2)3/h8-11,15-16H,5-7,12-14H2,1-4H3,(H,23,28). The Balaban J connectivity index is 1.73. The third-order valence-electron chi connectivity index (χ3n) is 5.74. The number of hydrogen-bond acceptors (Lipinski definition) is 3. The normalized spacial score (nSPS) is 22.0. The van der Waals surface area contributed by atoms with Gasteiger partial charge in [-0.1, -0.05) is 45.0 Å². The van der Waals surface area contributed by atoms with Crippen LogP contribution in [0, 0.1) is 5.92 Å². The van der Waals surface area contributed by atoms with E-state index in [-0.39, 0.29) is 18.4 Å². The van der Waals surface area contributed by atoms with Crippen LogP contribution in [0.15, 0.2) is 24.3 Å². The van der Waals surface area contributed by atoms with E-state index in [1.54, 1.807) is 11.8 Å². The second-order valence-corrected chi connectivity index (χ2v) is 8.51.